The van der Waals surface area contributed by atoms with E-state index in [1.165, 1.54) is 0 Å². The molecule has 0 aromatic heterocycles. The Kier molecular flexibility index (Phi) is 6.46. The van der Waals surface area contributed by atoms with Gasteiger partial charge in [-0.1, -0.05) is 42.0 Å². The van der Waals surface area contributed by atoms with Crippen molar-refractivity contribution in [3.63, 3.8) is 0 Å². The molecule has 0 radical (unpaired) electrons. The lowest BCUT2D eigenvalue weighted by atomic mass is 10.0. The summed E-state index contributed by atoms with van der Waals surface area (Å²) < 4.78 is 0. The normalized spacial score (nSPS) is 10.3. The Morgan fingerprint density at radius 1 is 0.880 bits per heavy atom. The zero-order chi connectivity index (χ0) is 18.2. The van der Waals surface area contributed by atoms with Crippen LogP contribution in [0.4, 0.5) is 5.69 Å². The summed E-state index contributed by atoms with van der Waals surface area (Å²) in [5.74, 6) is -1.12. The molecule has 5 heteroatoms. The van der Waals surface area contributed by atoms with Crippen molar-refractivity contribution in [2.24, 2.45) is 0 Å². The quantitative estimate of drug-likeness (QED) is 0.720. The molecule has 0 fully saturated rings. The van der Waals surface area contributed by atoms with E-state index >= 15 is 0 Å². The third-order valence-corrected chi connectivity index (χ3v) is 3.82. The second-order valence-corrected chi connectivity index (χ2v) is 5.93. The van der Waals surface area contributed by atoms with Gasteiger partial charge in [0.25, 0.3) is 0 Å². The van der Waals surface area contributed by atoms with E-state index in [0.29, 0.717) is 17.7 Å². The van der Waals surface area contributed by atoms with Crippen molar-refractivity contribution in [2.75, 3.05) is 5.32 Å². The van der Waals surface area contributed by atoms with E-state index in [4.69, 9.17) is 5.11 Å². The van der Waals surface area contributed by atoms with Gasteiger partial charge in [-0.15, -0.1) is 0 Å². The van der Waals surface area contributed by atoms with Gasteiger partial charge >= 0.3 is 5.97 Å². The van der Waals surface area contributed by atoms with Crippen LogP contribution in [0.15, 0.2) is 48.5 Å². The maximum atomic E-state index is 12.1. The highest BCUT2D eigenvalue weighted by Gasteiger charge is 2.09. The van der Waals surface area contributed by atoms with E-state index in [1.807, 2.05) is 19.1 Å². The molecule has 2 rings (SSSR count). The van der Waals surface area contributed by atoms with Crippen LogP contribution in [0.25, 0.3) is 0 Å². The van der Waals surface area contributed by atoms with Crippen molar-refractivity contribution >= 4 is 23.3 Å². The summed E-state index contributed by atoms with van der Waals surface area (Å²) in [6.07, 6.45) is 0.806. The van der Waals surface area contributed by atoms with Gasteiger partial charge in [0, 0.05) is 30.5 Å². The molecule has 0 aliphatic heterocycles. The lowest BCUT2D eigenvalue weighted by molar-refractivity contribution is -0.137. The summed E-state index contributed by atoms with van der Waals surface area (Å²) in [5, 5.41) is 11.4. The van der Waals surface area contributed by atoms with Gasteiger partial charge in [-0.05, 0) is 31.0 Å². The van der Waals surface area contributed by atoms with Gasteiger partial charge in [0.1, 0.15) is 0 Å². The Hall–Kier alpha value is -2.95. The third-order valence-electron chi connectivity index (χ3n) is 3.82. The van der Waals surface area contributed by atoms with E-state index in [-0.39, 0.29) is 31.0 Å². The number of hydrogen-bond donors (Lipinski definition) is 2. The first-order valence-electron chi connectivity index (χ1n) is 8.14. The minimum absolute atomic E-state index is 0.0563. The highest BCUT2D eigenvalue weighted by atomic mass is 16.4. The summed E-state index contributed by atoms with van der Waals surface area (Å²) in [7, 11) is 0. The number of carboxylic acid groups (broad SMARTS) is 1. The summed E-state index contributed by atoms with van der Waals surface area (Å²) in [6.45, 7) is 1.95. The molecule has 1 amide bonds. The van der Waals surface area contributed by atoms with Gasteiger partial charge < -0.3 is 10.4 Å². The first kappa shape index (κ1) is 18.4. The van der Waals surface area contributed by atoms with Crippen LogP contribution in [0.5, 0.6) is 0 Å². The van der Waals surface area contributed by atoms with Crippen LogP contribution in [0, 0.1) is 6.92 Å². The largest absolute Gasteiger partial charge is 0.481 e. The molecule has 0 saturated carbocycles. The molecule has 0 spiro atoms. The van der Waals surface area contributed by atoms with E-state index in [2.05, 4.69) is 5.32 Å². The third kappa shape index (κ3) is 6.22. The molecule has 25 heavy (non-hydrogen) atoms. The van der Waals surface area contributed by atoms with Gasteiger partial charge in [0.05, 0.1) is 0 Å². The van der Waals surface area contributed by atoms with Crippen LogP contribution in [0.3, 0.4) is 0 Å². The minimum Gasteiger partial charge on any atom is -0.481 e. The minimum atomic E-state index is -0.837. The zero-order valence-electron chi connectivity index (χ0n) is 14.1. The van der Waals surface area contributed by atoms with Gasteiger partial charge in [0.2, 0.25) is 5.91 Å². The molecule has 0 aliphatic carbocycles. The number of aryl methyl sites for hydroxylation is 2. The van der Waals surface area contributed by atoms with Crippen LogP contribution in [0.2, 0.25) is 0 Å². The Labute approximate surface area is 146 Å². The number of carboxylic acids is 1. The zero-order valence-corrected chi connectivity index (χ0v) is 14.1. The number of aliphatic carboxylic acids is 1. The topological polar surface area (TPSA) is 83.5 Å². The summed E-state index contributed by atoms with van der Waals surface area (Å²) >= 11 is 0. The van der Waals surface area contributed by atoms with Crippen molar-refractivity contribution in [2.45, 2.75) is 32.6 Å². The van der Waals surface area contributed by atoms with Crippen LogP contribution >= 0.6 is 0 Å². The maximum absolute atomic E-state index is 12.1. The average molecular weight is 339 g/mol. The number of ketones is 1. The van der Waals surface area contributed by atoms with Crippen LogP contribution < -0.4 is 5.32 Å². The molecule has 5 nitrogen and oxygen atoms in total. The standard InChI is InChI=1S/C20H21NO4/c1-14-2-7-16(8-3-14)18(22)11-12-19(23)21-17-9-4-15(5-10-17)6-13-20(24)25/h2-5,7-10H,6,11-13H2,1H3,(H,21,23)(H,24,25). The second-order valence-electron chi connectivity index (χ2n) is 5.93. The fourth-order valence-electron chi connectivity index (χ4n) is 2.34. The Bertz CT molecular complexity index is 748. The predicted octanol–water partition coefficient (Wildman–Crippen LogP) is 3.61. The molecule has 0 aliphatic rings. The van der Waals surface area contributed by atoms with Crippen LogP contribution in [-0.2, 0) is 16.0 Å². The smallest absolute Gasteiger partial charge is 0.303 e. The molecule has 2 N–H and O–H groups in total. The van der Waals surface area contributed by atoms with Crippen molar-refractivity contribution in [3.8, 4) is 0 Å². The number of carbonyl (C=O) groups is 3. The number of Topliss-reactive ketones (excluding diaryl/α,β-unsaturated/α-hetero) is 1. The van der Waals surface area contributed by atoms with Gasteiger partial charge in [0.15, 0.2) is 5.78 Å². The Morgan fingerprint density at radius 3 is 2.12 bits per heavy atom. The molecule has 130 valence electrons. The van der Waals surface area contributed by atoms with Crippen LogP contribution in [0.1, 0.15) is 40.7 Å². The van der Waals surface area contributed by atoms with E-state index in [9.17, 15) is 14.4 Å². The molecule has 0 heterocycles. The molecule has 0 unspecified atom stereocenters. The molecule has 0 saturated heterocycles. The van der Waals surface area contributed by atoms with Crippen LogP contribution in [-0.4, -0.2) is 22.8 Å². The summed E-state index contributed by atoms with van der Waals surface area (Å²) in [5.41, 5.74) is 3.23. The maximum Gasteiger partial charge on any atom is 0.303 e. The molecule has 0 atom stereocenters. The molecular weight excluding hydrogens is 318 g/mol. The first-order chi connectivity index (χ1) is 11.9. The van der Waals surface area contributed by atoms with E-state index < -0.39 is 5.97 Å². The summed E-state index contributed by atoms with van der Waals surface area (Å²) in [6, 6.07) is 14.3. The number of rotatable bonds is 8. The number of hydrogen-bond acceptors (Lipinski definition) is 3. The fourth-order valence-corrected chi connectivity index (χ4v) is 2.34. The number of benzene rings is 2. The predicted molar refractivity (Wildman–Crippen MR) is 95.8 cm³/mol. The van der Waals surface area contributed by atoms with Crippen molar-refractivity contribution < 1.29 is 19.5 Å². The number of carbonyl (C=O) groups excluding carboxylic acids is 2. The lowest BCUT2D eigenvalue weighted by Gasteiger charge is -2.06. The van der Waals surface area contributed by atoms with E-state index in [0.717, 1.165) is 11.1 Å². The second kappa shape index (κ2) is 8.78. The first-order valence-corrected chi connectivity index (χ1v) is 8.14. The van der Waals surface area contributed by atoms with Crippen molar-refractivity contribution in [1.82, 2.24) is 0 Å². The lowest BCUT2D eigenvalue weighted by Crippen LogP contribution is -2.13. The Balaban J connectivity index is 1.80. The highest BCUT2D eigenvalue weighted by molar-refractivity contribution is 6.00. The molecule has 2 aromatic rings. The Morgan fingerprint density at radius 2 is 1.52 bits per heavy atom. The van der Waals surface area contributed by atoms with Gasteiger partial charge in [-0.25, -0.2) is 0 Å². The number of nitrogens with one attached hydrogen (secondary N) is 1. The van der Waals surface area contributed by atoms with Gasteiger partial charge in [-0.3, -0.25) is 14.4 Å². The molecule has 0 bridgehead atoms. The highest BCUT2D eigenvalue weighted by Crippen LogP contribution is 2.13. The monoisotopic (exact) mass is 339 g/mol. The summed E-state index contributed by atoms with van der Waals surface area (Å²) in [4.78, 5) is 34.6. The fraction of sp³-hybridized carbons (Fsp3) is 0.250. The van der Waals surface area contributed by atoms with Gasteiger partial charge in [-0.2, -0.15) is 0 Å². The van der Waals surface area contributed by atoms with Crippen molar-refractivity contribution in [1.29, 1.82) is 0 Å². The number of amides is 1. The SMILES string of the molecule is Cc1ccc(C(=O)CCC(=O)Nc2ccc(CCC(=O)O)cc2)cc1. The molecular formula is C20H21NO4. The van der Waals surface area contributed by atoms with E-state index in [1.54, 1.807) is 36.4 Å². The van der Waals surface area contributed by atoms with Crippen molar-refractivity contribution in [3.05, 3.63) is 65.2 Å². The average Bonchev–Trinajstić information content (AvgIpc) is 2.59. The molecule has 2 aromatic carbocycles. The number of anilines is 1.